The highest BCUT2D eigenvalue weighted by molar-refractivity contribution is 7.80. The third-order valence-corrected chi connectivity index (χ3v) is 2.16. The van der Waals surface area contributed by atoms with Gasteiger partial charge in [-0.15, -0.1) is 0 Å². The molecule has 0 amide bonds. The summed E-state index contributed by atoms with van der Waals surface area (Å²) in [7, 11) is 0. The zero-order chi connectivity index (χ0) is 9.68. The molecule has 0 aromatic heterocycles. The molecule has 0 saturated heterocycles. The average Bonchev–Trinajstić information content (AvgIpc) is 2.16. The van der Waals surface area contributed by atoms with Gasteiger partial charge in [0.05, 0.1) is 4.99 Å². The predicted molar refractivity (Wildman–Crippen MR) is 56.1 cm³/mol. The van der Waals surface area contributed by atoms with Crippen molar-refractivity contribution in [3.63, 3.8) is 0 Å². The van der Waals surface area contributed by atoms with E-state index in [2.05, 4.69) is 5.32 Å². The van der Waals surface area contributed by atoms with Crippen molar-refractivity contribution in [3.8, 4) is 0 Å². The third-order valence-electron chi connectivity index (χ3n) is 1.72. The number of nitrogens with one attached hydrogen (secondary N) is 1. The van der Waals surface area contributed by atoms with Crippen LogP contribution in [0.5, 0.6) is 0 Å². The van der Waals surface area contributed by atoms with E-state index < -0.39 is 0 Å². The Morgan fingerprint density at radius 1 is 1.38 bits per heavy atom. The van der Waals surface area contributed by atoms with Crippen LogP contribution in [0, 0.1) is 5.82 Å². The van der Waals surface area contributed by atoms with Crippen LogP contribution >= 0.6 is 12.2 Å². The van der Waals surface area contributed by atoms with Crippen LogP contribution in [-0.2, 0) is 6.54 Å². The first-order chi connectivity index (χ1) is 6.22. The highest BCUT2D eigenvalue weighted by Gasteiger charge is 1.94. The zero-order valence-electron chi connectivity index (χ0n) is 7.51. The van der Waals surface area contributed by atoms with E-state index in [1.165, 1.54) is 12.1 Å². The monoisotopic (exact) mass is 197 g/mol. The summed E-state index contributed by atoms with van der Waals surface area (Å²) in [4.78, 5) is 0.837. The molecule has 1 aromatic carbocycles. The van der Waals surface area contributed by atoms with E-state index in [-0.39, 0.29) is 5.82 Å². The molecule has 13 heavy (non-hydrogen) atoms. The van der Waals surface area contributed by atoms with Crippen molar-refractivity contribution >= 4 is 17.2 Å². The normalized spacial score (nSPS) is 9.69. The Labute approximate surface area is 83.0 Å². The van der Waals surface area contributed by atoms with Crippen LogP contribution in [0.3, 0.4) is 0 Å². The molecule has 0 saturated carbocycles. The van der Waals surface area contributed by atoms with Crippen LogP contribution in [0.15, 0.2) is 24.3 Å². The Morgan fingerprint density at radius 2 is 2.00 bits per heavy atom. The molecule has 1 rings (SSSR count). The lowest BCUT2D eigenvalue weighted by Crippen LogP contribution is -2.19. The lowest BCUT2D eigenvalue weighted by Gasteiger charge is -2.05. The largest absolute Gasteiger partial charge is 0.376 e. The topological polar surface area (TPSA) is 12.0 Å². The van der Waals surface area contributed by atoms with Crippen molar-refractivity contribution in [2.24, 2.45) is 0 Å². The third kappa shape index (κ3) is 3.51. The van der Waals surface area contributed by atoms with Gasteiger partial charge in [0.15, 0.2) is 0 Å². The van der Waals surface area contributed by atoms with Crippen molar-refractivity contribution in [2.75, 3.05) is 0 Å². The zero-order valence-corrected chi connectivity index (χ0v) is 8.33. The van der Waals surface area contributed by atoms with Crippen LogP contribution in [-0.4, -0.2) is 4.99 Å². The van der Waals surface area contributed by atoms with Gasteiger partial charge in [-0.05, 0) is 24.1 Å². The van der Waals surface area contributed by atoms with Gasteiger partial charge >= 0.3 is 0 Å². The summed E-state index contributed by atoms with van der Waals surface area (Å²) in [6.45, 7) is 2.67. The van der Waals surface area contributed by atoms with E-state index in [1.807, 2.05) is 6.92 Å². The predicted octanol–water partition coefficient (Wildman–Crippen LogP) is 2.65. The molecule has 1 aromatic rings. The Bertz CT molecular complexity index is 281. The van der Waals surface area contributed by atoms with Gasteiger partial charge in [0, 0.05) is 6.54 Å². The fraction of sp³-hybridized carbons (Fsp3) is 0.300. The maximum Gasteiger partial charge on any atom is 0.123 e. The van der Waals surface area contributed by atoms with Crippen LogP contribution < -0.4 is 5.32 Å². The van der Waals surface area contributed by atoms with Crippen molar-refractivity contribution in [1.82, 2.24) is 5.32 Å². The molecule has 0 heterocycles. The van der Waals surface area contributed by atoms with Gasteiger partial charge in [-0.3, -0.25) is 0 Å². The van der Waals surface area contributed by atoms with E-state index in [4.69, 9.17) is 12.2 Å². The van der Waals surface area contributed by atoms with Crippen molar-refractivity contribution in [1.29, 1.82) is 0 Å². The van der Waals surface area contributed by atoms with Crippen molar-refractivity contribution < 1.29 is 4.39 Å². The van der Waals surface area contributed by atoms with Gasteiger partial charge in [0.2, 0.25) is 0 Å². The quantitative estimate of drug-likeness (QED) is 0.748. The van der Waals surface area contributed by atoms with Crippen LogP contribution in [0.1, 0.15) is 18.9 Å². The molecule has 0 aliphatic carbocycles. The van der Waals surface area contributed by atoms with Gasteiger partial charge in [-0.2, -0.15) is 0 Å². The Kier molecular flexibility index (Phi) is 3.83. The minimum absolute atomic E-state index is 0.207. The molecule has 0 atom stereocenters. The summed E-state index contributed by atoms with van der Waals surface area (Å²) >= 11 is 4.99. The molecule has 0 unspecified atom stereocenters. The molecule has 1 N–H and O–H groups in total. The van der Waals surface area contributed by atoms with E-state index in [0.717, 1.165) is 17.0 Å². The summed E-state index contributed by atoms with van der Waals surface area (Å²) in [6.07, 6.45) is 0.844. The van der Waals surface area contributed by atoms with Gasteiger partial charge in [0.25, 0.3) is 0 Å². The van der Waals surface area contributed by atoms with E-state index in [0.29, 0.717) is 6.54 Å². The summed E-state index contributed by atoms with van der Waals surface area (Å²) in [5, 5.41) is 3.08. The second-order valence-corrected chi connectivity index (χ2v) is 3.25. The summed E-state index contributed by atoms with van der Waals surface area (Å²) < 4.78 is 12.5. The maximum atomic E-state index is 12.5. The van der Waals surface area contributed by atoms with Gasteiger partial charge in [-0.25, -0.2) is 4.39 Å². The summed E-state index contributed by atoms with van der Waals surface area (Å²) in [5.74, 6) is -0.207. The number of benzene rings is 1. The first-order valence-corrected chi connectivity index (χ1v) is 4.64. The molecule has 0 spiro atoms. The fourth-order valence-corrected chi connectivity index (χ4v) is 1.00. The Hall–Kier alpha value is -0.960. The van der Waals surface area contributed by atoms with Gasteiger partial charge in [-0.1, -0.05) is 31.3 Å². The van der Waals surface area contributed by atoms with Crippen LogP contribution in [0.25, 0.3) is 0 Å². The van der Waals surface area contributed by atoms with E-state index in [9.17, 15) is 4.39 Å². The van der Waals surface area contributed by atoms with Crippen LogP contribution in [0.2, 0.25) is 0 Å². The molecule has 0 radical (unpaired) electrons. The first-order valence-electron chi connectivity index (χ1n) is 4.23. The lowest BCUT2D eigenvalue weighted by molar-refractivity contribution is 0.626. The standard InChI is InChI=1S/C10H12FNS/c1-2-10(13)12-7-8-3-5-9(11)6-4-8/h3-6H,2,7H2,1H3,(H,12,13). The SMILES string of the molecule is CCC(=S)NCc1ccc(F)cc1. The van der Waals surface area contributed by atoms with Crippen molar-refractivity contribution in [2.45, 2.75) is 19.9 Å². The van der Waals surface area contributed by atoms with Gasteiger partial charge < -0.3 is 5.32 Å². The van der Waals surface area contributed by atoms with Crippen molar-refractivity contribution in [3.05, 3.63) is 35.6 Å². The molecule has 0 aliphatic heterocycles. The van der Waals surface area contributed by atoms with E-state index >= 15 is 0 Å². The highest BCUT2D eigenvalue weighted by atomic mass is 32.1. The van der Waals surface area contributed by atoms with E-state index in [1.54, 1.807) is 12.1 Å². The number of hydrogen-bond donors (Lipinski definition) is 1. The Morgan fingerprint density at radius 3 is 2.54 bits per heavy atom. The number of thiocarbonyl (C=S) groups is 1. The minimum Gasteiger partial charge on any atom is -0.376 e. The molecule has 0 aliphatic rings. The smallest absolute Gasteiger partial charge is 0.123 e. The average molecular weight is 197 g/mol. The minimum atomic E-state index is -0.207. The lowest BCUT2D eigenvalue weighted by atomic mass is 10.2. The fourth-order valence-electron chi connectivity index (χ4n) is 0.928. The van der Waals surface area contributed by atoms with Gasteiger partial charge in [0.1, 0.15) is 5.82 Å². The first kappa shape index (κ1) is 10.1. The summed E-state index contributed by atoms with van der Waals surface area (Å²) in [6, 6.07) is 6.40. The second kappa shape index (κ2) is 4.92. The second-order valence-electron chi connectivity index (χ2n) is 2.76. The van der Waals surface area contributed by atoms with Crippen LogP contribution in [0.4, 0.5) is 4.39 Å². The Balaban J connectivity index is 2.46. The molecule has 1 nitrogen and oxygen atoms in total. The number of halogens is 1. The molecule has 70 valence electrons. The summed E-state index contributed by atoms with van der Waals surface area (Å²) in [5.41, 5.74) is 1.04. The maximum absolute atomic E-state index is 12.5. The number of hydrogen-bond acceptors (Lipinski definition) is 1. The molecular weight excluding hydrogens is 185 g/mol. The molecule has 0 fully saturated rings. The molecule has 3 heteroatoms. The highest BCUT2D eigenvalue weighted by Crippen LogP contribution is 2.02. The number of rotatable bonds is 3. The molecular formula is C10H12FNS. The molecule has 0 bridgehead atoms.